The third-order valence-electron chi connectivity index (χ3n) is 4.81. The highest BCUT2D eigenvalue weighted by molar-refractivity contribution is 5.77. The number of hydrogen-bond acceptors (Lipinski definition) is 1. The van der Waals surface area contributed by atoms with Gasteiger partial charge in [0, 0.05) is 11.6 Å². The van der Waals surface area contributed by atoms with E-state index in [9.17, 15) is 13.6 Å². The largest absolute Gasteiger partial charge is 0.344 e. The molecule has 3 rings (SSSR count). The minimum Gasteiger partial charge on any atom is -0.344 e. The van der Waals surface area contributed by atoms with E-state index < -0.39 is 11.6 Å². The fraction of sp³-hybridized carbons (Fsp3) is 0.350. The molecule has 0 saturated heterocycles. The van der Waals surface area contributed by atoms with Gasteiger partial charge < -0.3 is 10.6 Å². The number of rotatable bonds is 5. The van der Waals surface area contributed by atoms with Crippen LogP contribution in [0.15, 0.2) is 42.5 Å². The quantitative estimate of drug-likeness (QED) is 0.860. The number of carbonyl (C=O) groups excluding carboxylic acids is 1. The van der Waals surface area contributed by atoms with Gasteiger partial charge in [0.05, 0.1) is 6.04 Å². The Kier molecular flexibility index (Phi) is 5.43. The second kappa shape index (κ2) is 7.74. The number of fused-ring (bicyclic) bond motifs is 1. The Hall–Kier alpha value is -2.27. The van der Waals surface area contributed by atoms with Crippen molar-refractivity contribution in [2.45, 2.75) is 38.3 Å². The number of halogens is 2. The maximum atomic E-state index is 13.8. The lowest BCUT2D eigenvalue weighted by Gasteiger charge is -2.26. The molecule has 2 aromatic carbocycles. The molecule has 1 aliphatic carbocycles. The molecular weight excluding hydrogens is 322 g/mol. The van der Waals surface area contributed by atoms with Gasteiger partial charge in [0.2, 0.25) is 0 Å². The van der Waals surface area contributed by atoms with Crippen LogP contribution in [0.5, 0.6) is 0 Å². The summed E-state index contributed by atoms with van der Waals surface area (Å²) in [6.45, 7) is 2.01. The Balaban J connectivity index is 1.57. The fourth-order valence-electron chi connectivity index (χ4n) is 3.44. The van der Waals surface area contributed by atoms with Crippen LogP contribution in [0.4, 0.5) is 8.78 Å². The zero-order valence-electron chi connectivity index (χ0n) is 14.3. The molecule has 132 valence electrons. The first-order valence-electron chi connectivity index (χ1n) is 8.70. The Bertz CT molecular complexity index is 763. The van der Waals surface area contributed by atoms with Crippen molar-refractivity contribution in [3.05, 3.63) is 70.8 Å². The van der Waals surface area contributed by atoms with Crippen LogP contribution in [0.25, 0.3) is 0 Å². The fourth-order valence-corrected chi connectivity index (χ4v) is 3.44. The number of hydrogen-bond donors (Lipinski definition) is 2. The molecule has 1 amide bonds. The molecular formula is C20H23F2N2O+. The monoisotopic (exact) mass is 345 g/mol. The number of nitrogens with two attached hydrogens (primary N) is 1. The lowest BCUT2D eigenvalue weighted by Crippen LogP contribution is -2.87. The SMILES string of the molecule is C[C@@H]([NH2+]CC(=O)N[C@@H]1CCCc2ccccc21)c1ccc(F)cc1F. The van der Waals surface area contributed by atoms with Crippen molar-refractivity contribution in [2.24, 2.45) is 0 Å². The molecule has 25 heavy (non-hydrogen) atoms. The molecule has 0 spiro atoms. The molecule has 3 nitrogen and oxygen atoms in total. The third kappa shape index (κ3) is 4.23. The van der Waals surface area contributed by atoms with E-state index in [0.29, 0.717) is 5.56 Å². The first kappa shape index (κ1) is 17.5. The molecule has 0 aliphatic heterocycles. The molecule has 2 aromatic rings. The van der Waals surface area contributed by atoms with Crippen molar-refractivity contribution >= 4 is 5.91 Å². The van der Waals surface area contributed by atoms with Crippen LogP contribution in [0.3, 0.4) is 0 Å². The van der Waals surface area contributed by atoms with Crippen LogP contribution >= 0.6 is 0 Å². The standard InChI is InChI=1S/C20H22F2N2O/c1-13(16-10-9-15(21)11-18(16)22)23-12-20(25)24-19-8-4-6-14-5-2-3-7-17(14)19/h2-3,5,7,9-11,13,19,23H,4,6,8,12H2,1H3,(H,24,25)/p+1/t13-,19-/m1/s1. The first-order chi connectivity index (χ1) is 12.0. The Labute approximate surface area is 146 Å². The van der Waals surface area contributed by atoms with Gasteiger partial charge in [-0.05, 0) is 49.4 Å². The minimum atomic E-state index is -0.595. The first-order valence-corrected chi connectivity index (χ1v) is 8.70. The van der Waals surface area contributed by atoms with Crippen LogP contribution in [-0.4, -0.2) is 12.5 Å². The molecule has 0 radical (unpaired) electrons. The average Bonchev–Trinajstić information content (AvgIpc) is 2.60. The van der Waals surface area contributed by atoms with Crippen LogP contribution in [0, 0.1) is 11.6 Å². The molecule has 0 fully saturated rings. The summed E-state index contributed by atoms with van der Waals surface area (Å²) in [5.74, 6) is -1.25. The normalized spacial score (nSPS) is 17.6. The topological polar surface area (TPSA) is 45.7 Å². The van der Waals surface area contributed by atoms with Crippen LogP contribution in [-0.2, 0) is 11.2 Å². The molecule has 0 saturated carbocycles. The number of amides is 1. The smallest absolute Gasteiger partial charge is 0.275 e. The summed E-state index contributed by atoms with van der Waals surface area (Å²) in [5, 5.41) is 4.85. The highest BCUT2D eigenvalue weighted by atomic mass is 19.1. The number of nitrogens with one attached hydrogen (secondary N) is 1. The number of benzene rings is 2. The van der Waals surface area contributed by atoms with Crippen molar-refractivity contribution in [2.75, 3.05) is 6.54 Å². The van der Waals surface area contributed by atoms with Gasteiger partial charge in [0.25, 0.3) is 5.91 Å². The maximum Gasteiger partial charge on any atom is 0.275 e. The van der Waals surface area contributed by atoms with E-state index in [1.807, 2.05) is 12.1 Å². The van der Waals surface area contributed by atoms with Crippen molar-refractivity contribution < 1.29 is 18.9 Å². The summed E-state index contributed by atoms with van der Waals surface area (Å²) in [5.41, 5.74) is 2.89. The van der Waals surface area contributed by atoms with Crippen molar-refractivity contribution in [3.63, 3.8) is 0 Å². The zero-order valence-corrected chi connectivity index (χ0v) is 14.3. The number of carbonyl (C=O) groups is 1. The van der Waals surface area contributed by atoms with Gasteiger partial charge in [0.15, 0.2) is 6.54 Å². The van der Waals surface area contributed by atoms with Gasteiger partial charge in [0.1, 0.15) is 17.7 Å². The lowest BCUT2D eigenvalue weighted by atomic mass is 9.88. The summed E-state index contributed by atoms with van der Waals surface area (Å²) in [7, 11) is 0. The molecule has 0 aromatic heterocycles. The predicted octanol–water partition coefficient (Wildman–Crippen LogP) is 2.78. The van der Waals surface area contributed by atoms with Crippen molar-refractivity contribution in [1.29, 1.82) is 0 Å². The summed E-state index contributed by atoms with van der Waals surface area (Å²) in [4.78, 5) is 12.3. The maximum absolute atomic E-state index is 13.8. The molecule has 0 heterocycles. The van der Waals surface area contributed by atoms with E-state index in [2.05, 4.69) is 17.4 Å². The highest BCUT2D eigenvalue weighted by Gasteiger charge is 2.22. The van der Waals surface area contributed by atoms with Crippen molar-refractivity contribution in [3.8, 4) is 0 Å². The average molecular weight is 345 g/mol. The Morgan fingerprint density at radius 3 is 2.88 bits per heavy atom. The lowest BCUT2D eigenvalue weighted by molar-refractivity contribution is -0.682. The van der Waals surface area contributed by atoms with Gasteiger partial charge in [-0.3, -0.25) is 4.79 Å². The summed E-state index contributed by atoms with van der Waals surface area (Å²) in [6.07, 6.45) is 3.04. The summed E-state index contributed by atoms with van der Waals surface area (Å²) >= 11 is 0. The summed E-state index contributed by atoms with van der Waals surface area (Å²) in [6, 6.07) is 11.5. The molecule has 0 bridgehead atoms. The van der Waals surface area contributed by atoms with E-state index in [1.165, 1.54) is 23.3 Å². The Morgan fingerprint density at radius 2 is 2.08 bits per heavy atom. The second-order valence-corrected chi connectivity index (χ2v) is 6.61. The Morgan fingerprint density at radius 1 is 1.28 bits per heavy atom. The molecule has 0 unspecified atom stereocenters. The van der Waals surface area contributed by atoms with Gasteiger partial charge in [-0.1, -0.05) is 24.3 Å². The van der Waals surface area contributed by atoms with Gasteiger partial charge in [-0.15, -0.1) is 0 Å². The third-order valence-corrected chi connectivity index (χ3v) is 4.81. The molecule has 2 atom stereocenters. The van der Waals surface area contributed by atoms with E-state index in [-0.39, 0.29) is 24.5 Å². The van der Waals surface area contributed by atoms with Crippen molar-refractivity contribution in [1.82, 2.24) is 5.32 Å². The van der Waals surface area contributed by atoms with Gasteiger partial charge in [-0.2, -0.15) is 0 Å². The number of aryl methyl sites for hydroxylation is 1. The summed E-state index contributed by atoms with van der Waals surface area (Å²) < 4.78 is 26.8. The zero-order chi connectivity index (χ0) is 17.8. The molecule has 5 heteroatoms. The van der Waals surface area contributed by atoms with Crippen LogP contribution < -0.4 is 10.6 Å². The molecule has 3 N–H and O–H groups in total. The highest BCUT2D eigenvalue weighted by Crippen LogP contribution is 2.29. The van der Waals surface area contributed by atoms with E-state index in [1.54, 1.807) is 12.2 Å². The van der Waals surface area contributed by atoms with Crippen LogP contribution in [0.2, 0.25) is 0 Å². The van der Waals surface area contributed by atoms with E-state index in [4.69, 9.17) is 0 Å². The molecule has 1 aliphatic rings. The van der Waals surface area contributed by atoms with Gasteiger partial charge >= 0.3 is 0 Å². The van der Waals surface area contributed by atoms with E-state index >= 15 is 0 Å². The number of quaternary nitrogens is 1. The minimum absolute atomic E-state index is 0.0451. The van der Waals surface area contributed by atoms with Crippen LogP contribution in [0.1, 0.15) is 48.5 Å². The second-order valence-electron chi connectivity index (χ2n) is 6.61. The van der Waals surface area contributed by atoms with E-state index in [0.717, 1.165) is 25.3 Å². The predicted molar refractivity (Wildman–Crippen MR) is 91.8 cm³/mol. The van der Waals surface area contributed by atoms with Gasteiger partial charge in [-0.25, -0.2) is 8.78 Å².